The minimum absolute atomic E-state index is 0.0260. The second kappa shape index (κ2) is 9.14. The molecule has 2 atom stereocenters. The first-order chi connectivity index (χ1) is 17.2. The highest BCUT2D eigenvalue weighted by Crippen LogP contribution is 2.65. The number of hydrogen-bond acceptors (Lipinski definition) is 16. The minimum Gasteiger partial charge on any atom is -0.492 e. The number of halogens is 4. The van der Waals surface area contributed by atoms with Crippen molar-refractivity contribution in [2.45, 2.75) is 32.4 Å². The highest BCUT2D eigenvalue weighted by molar-refractivity contribution is 7.49. The van der Waals surface area contributed by atoms with Gasteiger partial charge in [0.1, 0.15) is 11.5 Å². The summed E-state index contributed by atoms with van der Waals surface area (Å²) in [6.07, 6.45) is -4.72. The first kappa shape index (κ1) is 26.3. The van der Waals surface area contributed by atoms with Crippen LogP contribution in [0.15, 0.2) is 28.3 Å². The number of ether oxygens (including phenoxy) is 2. The number of guanidine groups is 2. The molecule has 0 aromatic heterocycles. The molecule has 5 aliphatic heterocycles. The summed E-state index contributed by atoms with van der Waals surface area (Å²) in [6.45, 7) is 2.58. The highest BCUT2D eigenvalue weighted by Gasteiger charge is 2.61. The summed E-state index contributed by atoms with van der Waals surface area (Å²) in [5.41, 5.74) is -1.59. The Bertz CT molecular complexity index is 1250. The van der Waals surface area contributed by atoms with Crippen LogP contribution in [-0.4, -0.2) is 52.7 Å². The van der Waals surface area contributed by atoms with Crippen molar-refractivity contribution in [3.8, 4) is 11.5 Å². The van der Waals surface area contributed by atoms with E-state index in [4.69, 9.17) is 48.8 Å². The average Bonchev–Trinajstić information content (AvgIpc) is 2.76. The summed E-state index contributed by atoms with van der Waals surface area (Å²) in [7, 11) is -9.03. The Labute approximate surface area is 209 Å². The summed E-state index contributed by atoms with van der Waals surface area (Å²) in [6, 6.07) is 3.17. The fourth-order valence-corrected chi connectivity index (χ4v) is 5.58. The van der Waals surface area contributed by atoms with Gasteiger partial charge in [0.05, 0.1) is 18.2 Å². The van der Waals surface area contributed by atoms with Crippen LogP contribution in [0.2, 0.25) is 5.02 Å². The summed E-state index contributed by atoms with van der Waals surface area (Å²) in [4.78, 5) is 9.43. The van der Waals surface area contributed by atoms with Crippen molar-refractivity contribution in [1.82, 2.24) is 15.5 Å². The number of nitrogens with zero attached hydrogens (tertiary/aromatic N) is 5. The van der Waals surface area contributed by atoms with Gasteiger partial charge in [0.15, 0.2) is 5.72 Å². The Morgan fingerprint density at radius 2 is 1.86 bits per heavy atom. The number of phosphoric acid groups is 2. The van der Waals surface area contributed by atoms with Gasteiger partial charge in [-0.15, -0.1) is 27.0 Å². The third-order valence-corrected chi connectivity index (χ3v) is 7.01. The van der Waals surface area contributed by atoms with Gasteiger partial charge in [0.2, 0.25) is 0 Å². The van der Waals surface area contributed by atoms with E-state index in [0.29, 0.717) is 10.5 Å². The summed E-state index contributed by atoms with van der Waals surface area (Å²) in [5.74, 6) is -1.25. The van der Waals surface area contributed by atoms with Crippen molar-refractivity contribution in [1.29, 1.82) is 0 Å². The normalized spacial score (nSPS) is 30.9. The van der Waals surface area contributed by atoms with Crippen molar-refractivity contribution in [3.63, 3.8) is 0 Å². The maximum Gasteiger partial charge on any atom is 0.577 e. The van der Waals surface area contributed by atoms with Crippen molar-refractivity contribution >= 4 is 39.2 Å². The predicted octanol–water partition coefficient (Wildman–Crippen LogP) is 4.24. The van der Waals surface area contributed by atoms with Crippen molar-refractivity contribution < 1.29 is 64.3 Å². The first-order valence-corrected chi connectivity index (χ1v) is 13.3. The lowest BCUT2D eigenvalue weighted by Gasteiger charge is -2.42. The smallest absolute Gasteiger partial charge is 0.492 e. The molecule has 1 aromatic carbocycles. The number of benzene rings is 1. The maximum atomic E-state index is 13.1. The van der Waals surface area contributed by atoms with Gasteiger partial charge in [0, 0.05) is 12.5 Å². The Hall–Kier alpha value is -2.34. The van der Waals surface area contributed by atoms with Crippen LogP contribution in [0, 0.1) is 0 Å². The molecule has 6 rings (SSSR count). The molecule has 0 amide bonds. The standard InChI is InChI=1S/C15H15ClF3N5O11P2/c1-14(2)22-13-20-12-21-31-36(25,30-14)34-24(13)35-37(26,32-22)33-23(12)28-7-3-6-27-11-5-4-9(8-10(11)16)29-15(17,18)19/h4-5,8H,3,6-7H2,1-2H3/b20-13-,21-12+. The molecule has 1 aromatic rings. The zero-order valence-corrected chi connectivity index (χ0v) is 21.0. The molecular weight excluding hydrogens is 581 g/mol. The van der Waals surface area contributed by atoms with E-state index in [9.17, 15) is 22.3 Å². The van der Waals surface area contributed by atoms with Crippen molar-refractivity contribution in [2.24, 2.45) is 10.1 Å². The number of aliphatic imine (C=N–C) groups is 1. The maximum absolute atomic E-state index is 13.1. The molecule has 2 fully saturated rings. The van der Waals surface area contributed by atoms with E-state index in [1.165, 1.54) is 19.9 Å². The van der Waals surface area contributed by atoms with Crippen molar-refractivity contribution in [3.05, 3.63) is 23.2 Å². The molecular formula is C15H15ClF3N5O11P2. The Balaban J connectivity index is 1.24. The van der Waals surface area contributed by atoms with Gasteiger partial charge in [-0.1, -0.05) is 22.1 Å². The average molecular weight is 596 g/mol. The third-order valence-electron chi connectivity index (χ3n) is 4.35. The van der Waals surface area contributed by atoms with Crippen LogP contribution in [0.4, 0.5) is 13.2 Å². The molecule has 0 saturated carbocycles. The van der Waals surface area contributed by atoms with Gasteiger partial charge >= 0.3 is 28.0 Å². The number of hydroxylamine groups is 6. The molecule has 37 heavy (non-hydrogen) atoms. The Morgan fingerprint density at radius 1 is 1.11 bits per heavy atom. The predicted molar refractivity (Wildman–Crippen MR) is 110 cm³/mol. The van der Waals surface area contributed by atoms with Gasteiger partial charge in [-0.2, -0.15) is 14.7 Å². The van der Waals surface area contributed by atoms with Crippen LogP contribution in [0.3, 0.4) is 0 Å². The van der Waals surface area contributed by atoms with Crippen LogP contribution in [0.25, 0.3) is 0 Å². The van der Waals surface area contributed by atoms with Gasteiger partial charge in [-0.05, 0) is 31.1 Å². The summed E-state index contributed by atoms with van der Waals surface area (Å²) >= 11 is 5.92. The second-order valence-electron chi connectivity index (χ2n) is 7.63. The number of fused-ring (bicyclic) bond motifs is 2. The molecule has 5 heterocycles. The molecule has 2 saturated heterocycles. The van der Waals surface area contributed by atoms with E-state index in [1.807, 2.05) is 0 Å². The van der Waals surface area contributed by atoms with Gasteiger partial charge in [-0.25, -0.2) is 18.5 Å². The number of rotatable bonds is 7. The monoisotopic (exact) mass is 595 g/mol. The molecule has 0 aliphatic carbocycles. The molecule has 2 unspecified atom stereocenters. The highest BCUT2D eigenvalue weighted by atomic mass is 35.5. The van der Waals surface area contributed by atoms with Crippen LogP contribution in [0.1, 0.15) is 20.3 Å². The van der Waals surface area contributed by atoms with Crippen molar-refractivity contribution in [2.75, 3.05) is 13.2 Å². The van der Waals surface area contributed by atoms with E-state index >= 15 is 0 Å². The van der Waals surface area contributed by atoms with Crippen LogP contribution in [0.5, 0.6) is 11.5 Å². The lowest BCUT2D eigenvalue weighted by atomic mass is 10.3. The number of alkyl halides is 3. The lowest BCUT2D eigenvalue weighted by molar-refractivity contribution is -0.326. The summed E-state index contributed by atoms with van der Waals surface area (Å²) < 4.78 is 103. The van der Waals surface area contributed by atoms with E-state index in [0.717, 1.165) is 17.2 Å². The topological polar surface area (TPSA) is 152 Å². The molecule has 0 N–H and O–H groups in total. The molecule has 6 bridgehead atoms. The van der Waals surface area contributed by atoms with E-state index in [-0.39, 0.29) is 36.4 Å². The third kappa shape index (κ3) is 5.59. The van der Waals surface area contributed by atoms with E-state index in [2.05, 4.69) is 14.9 Å². The first-order valence-electron chi connectivity index (χ1n) is 10.0. The molecule has 5 aliphatic rings. The number of hydrogen-bond donors (Lipinski definition) is 0. The van der Waals surface area contributed by atoms with E-state index < -0.39 is 39.4 Å². The fraction of sp³-hybridized carbons (Fsp3) is 0.467. The molecule has 0 spiro atoms. The Morgan fingerprint density at radius 3 is 2.59 bits per heavy atom. The van der Waals surface area contributed by atoms with Gasteiger partial charge < -0.3 is 9.47 Å². The minimum atomic E-state index is -4.86. The number of oxime groups is 1. The van der Waals surface area contributed by atoms with Gasteiger partial charge in [0.25, 0.3) is 5.96 Å². The van der Waals surface area contributed by atoms with E-state index in [1.54, 1.807) is 0 Å². The largest absolute Gasteiger partial charge is 0.577 e. The zero-order chi connectivity index (χ0) is 26.6. The zero-order valence-electron chi connectivity index (χ0n) is 18.5. The fourth-order valence-electron chi connectivity index (χ4n) is 2.97. The lowest BCUT2D eigenvalue weighted by Crippen LogP contribution is -2.56. The van der Waals surface area contributed by atoms with Crippen LogP contribution >= 0.6 is 27.2 Å². The molecule has 22 heteroatoms. The quantitative estimate of drug-likeness (QED) is 0.326. The SMILES string of the molecule is CC1(C)OP2(=O)O/N=C3\N=C4/N(OP(=O)(ON3OCCCOc3ccc(OC(F)(F)F)cc3Cl)ON41)O2. The van der Waals surface area contributed by atoms with Crippen LogP contribution in [-0.2, 0) is 41.6 Å². The second-order valence-corrected chi connectivity index (χ2v) is 10.8. The molecule has 204 valence electrons. The van der Waals surface area contributed by atoms with Gasteiger partial charge in [-0.3, -0.25) is 4.62 Å². The molecule has 0 radical (unpaired) electrons. The van der Waals surface area contributed by atoms with Crippen LogP contribution < -0.4 is 9.47 Å². The Kier molecular flexibility index (Phi) is 6.49. The summed E-state index contributed by atoms with van der Waals surface area (Å²) in [5, 5.41) is 5.14. The molecule has 16 nitrogen and oxygen atoms in total.